The van der Waals surface area contributed by atoms with Crippen molar-refractivity contribution < 1.29 is 0 Å². The molecule has 0 aliphatic heterocycles. The zero-order valence-electron chi connectivity index (χ0n) is 8.85. The molecule has 0 saturated heterocycles. The van der Waals surface area contributed by atoms with Gasteiger partial charge < -0.3 is 5.32 Å². The number of hydrogen-bond donors (Lipinski definition) is 1. The Kier molecular flexibility index (Phi) is 2.71. The number of pyridine rings is 1. The quantitative estimate of drug-likeness (QED) is 0.676. The SMILES string of the molecule is Clc1ccc2scc(Nc3ccccc3)c2n1. The summed E-state index contributed by atoms with van der Waals surface area (Å²) in [5.41, 5.74) is 2.97. The highest BCUT2D eigenvalue weighted by atomic mass is 35.5. The van der Waals surface area contributed by atoms with Crippen LogP contribution in [0, 0.1) is 0 Å². The third kappa shape index (κ3) is 2.12. The van der Waals surface area contributed by atoms with Gasteiger partial charge in [-0.1, -0.05) is 29.8 Å². The van der Waals surface area contributed by atoms with Crippen molar-refractivity contribution in [2.45, 2.75) is 0 Å². The van der Waals surface area contributed by atoms with E-state index in [0.717, 1.165) is 21.6 Å². The first-order valence-corrected chi connectivity index (χ1v) is 6.44. The zero-order chi connectivity index (χ0) is 11.7. The van der Waals surface area contributed by atoms with Crippen molar-refractivity contribution in [3.63, 3.8) is 0 Å². The molecule has 2 nitrogen and oxygen atoms in total. The zero-order valence-corrected chi connectivity index (χ0v) is 10.4. The summed E-state index contributed by atoms with van der Waals surface area (Å²) in [4.78, 5) is 4.35. The molecule has 1 N–H and O–H groups in total. The lowest BCUT2D eigenvalue weighted by Crippen LogP contribution is -1.89. The van der Waals surface area contributed by atoms with Gasteiger partial charge in [0.2, 0.25) is 0 Å². The van der Waals surface area contributed by atoms with Crippen molar-refractivity contribution in [1.82, 2.24) is 4.98 Å². The summed E-state index contributed by atoms with van der Waals surface area (Å²) >= 11 is 7.57. The third-order valence-electron chi connectivity index (χ3n) is 2.44. The Morgan fingerprint density at radius 3 is 2.71 bits per heavy atom. The van der Waals surface area contributed by atoms with Crippen LogP contribution in [0.3, 0.4) is 0 Å². The number of nitrogens with zero attached hydrogens (tertiary/aromatic N) is 1. The van der Waals surface area contributed by atoms with Crippen LogP contribution in [-0.4, -0.2) is 4.98 Å². The number of aromatic nitrogens is 1. The van der Waals surface area contributed by atoms with E-state index in [4.69, 9.17) is 11.6 Å². The number of anilines is 2. The van der Waals surface area contributed by atoms with Gasteiger partial charge in [0.15, 0.2) is 0 Å². The van der Waals surface area contributed by atoms with Crippen molar-refractivity contribution in [3.05, 3.63) is 53.0 Å². The number of hydrogen-bond acceptors (Lipinski definition) is 3. The van der Waals surface area contributed by atoms with E-state index in [0.29, 0.717) is 5.15 Å². The summed E-state index contributed by atoms with van der Waals surface area (Å²) in [7, 11) is 0. The van der Waals surface area contributed by atoms with Crippen molar-refractivity contribution in [2.24, 2.45) is 0 Å². The molecule has 0 fully saturated rings. The Hall–Kier alpha value is -1.58. The molecule has 1 aromatic carbocycles. The Morgan fingerprint density at radius 1 is 1.06 bits per heavy atom. The predicted octanol–water partition coefficient (Wildman–Crippen LogP) is 4.69. The van der Waals surface area contributed by atoms with Gasteiger partial charge in [-0.2, -0.15) is 0 Å². The smallest absolute Gasteiger partial charge is 0.129 e. The van der Waals surface area contributed by atoms with Crippen molar-refractivity contribution >= 4 is 44.5 Å². The van der Waals surface area contributed by atoms with Gasteiger partial charge in [-0.3, -0.25) is 0 Å². The van der Waals surface area contributed by atoms with Crippen molar-refractivity contribution in [1.29, 1.82) is 0 Å². The molecule has 0 radical (unpaired) electrons. The summed E-state index contributed by atoms with van der Waals surface area (Å²) in [6.07, 6.45) is 0. The van der Waals surface area contributed by atoms with Crippen LogP contribution in [0.25, 0.3) is 10.2 Å². The third-order valence-corrected chi connectivity index (χ3v) is 3.58. The first-order valence-electron chi connectivity index (χ1n) is 5.19. The maximum Gasteiger partial charge on any atom is 0.129 e. The van der Waals surface area contributed by atoms with E-state index in [1.807, 2.05) is 42.5 Å². The highest BCUT2D eigenvalue weighted by molar-refractivity contribution is 7.17. The number of halogens is 1. The first kappa shape index (κ1) is 10.6. The van der Waals surface area contributed by atoms with E-state index in [9.17, 15) is 0 Å². The van der Waals surface area contributed by atoms with Crippen LogP contribution in [0.15, 0.2) is 47.8 Å². The Labute approximate surface area is 108 Å². The van der Waals surface area contributed by atoms with Gasteiger partial charge in [0.1, 0.15) is 10.7 Å². The highest BCUT2D eigenvalue weighted by Crippen LogP contribution is 2.31. The lowest BCUT2D eigenvalue weighted by Gasteiger charge is -2.03. The van der Waals surface area contributed by atoms with Crippen molar-refractivity contribution in [3.8, 4) is 0 Å². The van der Waals surface area contributed by atoms with Crippen LogP contribution < -0.4 is 5.32 Å². The minimum atomic E-state index is 0.520. The van der Waals surface area contributed by atoms with Gasteiger partial charge in [0.25, 0.3) is 0 Å². The Bertz CT molecular complexity index is 649. The molecule has 17 heavy (non-hydrogen) atoms. The van der Waals surface area contributed by atoms with Crippen LogP contribution >= 0.6 is 22.9 Å². The van der Waals surface area contributed by atoms with Crippen LogP contribution in [0.2, 0.25) is 5.15 Å². The number of benzene rings is 1. The fourth-order valence-corrected chi connectivity index (χ4v) is 2.63. The Morgan fingerprint density at radius 2 is 1.88 bits per heavy atom. The maximum absolute atomic E-state index is 5.92. The van der Waals surface area contributed by atoms with Gasteiger partial charge >= 0.3 is 0 Å². The van der Waals surface area contributed by atoms with Gasteiger partial charge in [-0.25, -0.2) is 4.98 Å². The van der Waals surface area contributed by atoms with Gasteiger partial charge in [-0.05, 0) is 24.3 Å². The van der Waals surface area contributed by atoms with Crippen LogP contribution in [0.5, 0.6) is 0 Å². The topological polar surface area (TPSA) is 24.9 Å². The lowest BCUT2D eigenvalue weighted by molar-refractivity contribution is 1.42. The van der Waals surface area contributed by atoms with E-state index < -0.39 is 0 Å². The molecule has 0 bridgehead atoms. The molecule has 3 aromatic rings. The summed E-state index contributed by atoms with van der Waals surface area (Å²) in [6, 6.07) is 13.8. The number of thiophene rings is 1. The molecule has 84 valence electrons. The molecule has 0 atom stereocenters. The summed E-state index contributed by atoms with van der Waals surface area (Å²) in [5.74, 6) is 0. The average molecular weight is 261 g/mol. The molecule has 2 aromatic heterocycles. The molecule has 2 heterocycles. The Balaban J connectivity index is 2.03. The second-order valence-corrected chi connectivity index (χ2v) is 4.92. The summed E-state index contributed by atoms with van der Waals surface area (Å²) in [6.45, 7) is 0. The van der Waals surface area contributed by atoms with E-state index in [1.165, 1.54) is 0 Å². The fraction of sp³-hybridized carbons (Fsp3) is 0. The number of para-hydroxylation sites is 1. The lowest BCUT2D eigenvalue weighted by atomic mass is 10.3. The maximum atomic E-state index is 5.92. The number of nitrogens with one attached hydrogen (secondary N) is 1. The van der Waals surface area contributed by atoms with Crippen LogP contribution in [0.1, 0.15) is 0 Å². The second-order valence-electron chi connectivity index (χ2n) is 3.62. The molecule has 0 saturated carbocycles. The van der Waals surface area contributed by atoms with E-state index in [1.54, 1.807) is 11.3 Å². The molecule has 0 aliphatic rings. The number of rotatable bonds is 2. The molecule has 0 amide bonds. The van der Waals surface area contributed by atoms with E-state index in [2.05, 4.69) is 15.7 Å². The molecular weight excluding hydrogens is 252 g/mol. The average Bonchev–Trinajstić information content (AvgIpc) is 2.73. The normalized spacial score (nSPS) is 10.6. The minimum Gasteiger partial charge on any atom is -0.353 e. The summed E-state index contributed by atoms with van der Waals surface area (Å²) < 4.78 is 1.13. The van der Waals surface area contributed by atoms with E-state index >= 15 is 0 Å². The van der Waals surface area contributed by atoms with Crippen LogP contribution in [-0.2, 0) is 0 Å². The van der Waals surface area contributed by atoms with Gasteiger partial charge in [0.05, 0.1) is 10.4 Å². The molecular formula is C13H9ClN2S. The molecule has 4 heteroatoms. The molecule has 0 aliphatic carbocycles. The number of fused-ring (bicyclic) bond motifs is 1. The van der Waals surface area contributed by atoms with Gasteiger partial charge in [-0.15, -0.1) is 11.3 Å². The summed E-state index contributed by atoms with van der Waals surface area (Å²) in [5, 5.41) is 5.92. The first-order chi connectivity index (χ1) is 8.33. The monoisotopic (exact) mass is 260 g/mol. The van der Waals surface area contributed by atoms with E-state index in [-0.39, 0.29) is 0 Å². The minimum absolute atomic E-state index is 0.520. The standard InChI is InChI=1S/C13H9ClN2S/c14-12-7-6-11-13(16-12)10(8-17-11)15-9-4-2-1-3-5-9/h1-8,15H. The highest BCUT2D eigenvalue weighted by Gasteiger charge is 2.06. The predicted molar refractivity (Wildman–Crippen MR) is 74.4 cm³/mol. The molecule has 3 rings (SSSR count). The van der Waals surface area contributed by atoms with Crippen LogP contribution in [0.4, 0.5) is 11.4 Å². The second kappa shape index (κ2) is 4.35. The largest absolute Gasteiger partial charge is 0.353 e. The van der Waals surface area contributed by atoms with Gasteiger partial charge in [0, 0.05) is 11.1 Å². The molecule has 0 unspecified atom stereocenters. The molecule has 0 spiro atoms. The fourth-order valence-electron chi connectivity index (χ4n) is 1.65. The van der Waals surface area contributed by atoms with Crippen molar-refractivity contribution in [2.75, 3.05) is 5.32 Å².